The van der Waals surface area contributed by atoms with Crippen LogP contribution in [0.1, 0.15) is 129 Å². The van der Waals surface area contributed by atoms with Gasteiger partial charge < -0.3 is 21.7 Å². The summed E-state index contributed by atoms with van der Waals surface area (Å²) in [4.78, 5) is 26.7. The number of unbranched alkanes of at least 4 members (excludes halogenated alkanes) is 1. The first-order valence-corrected chi connectivity index (χ1v) is 16.2. The fraction of sp³-hybridized carbons (Fsp3) is 0.939. The van der Waals surface area contributed by atoms with E-state index < -0.39 is 11.6 Å². The lowest BCUT2D eigenvalue weighted by atomic mass is 9.57. The van der Waals surface area contributed by atoms with Gasteiger partial charge in [-0.3, -0.25) is 15.0 Å². The first-order valence-electron chi connectivity index (χ1n) is 16.2. The molecule has 0 aliphatic carbocycles. The number of nitrogens with two attached hydrogens (primary N) is 1. The average Bonchev–Trinajstić information content (AvgIpc) is 2.81. The number of nitrogens with zero attached hydrogens (tertiary/aromatic N) is 1. The van der Waals surface area contributed by atoms with Crippen molar-refractivity contribution in [2.75, 3.05) is 39.3 Å². The van der Waals surface area contributed by atoms with Gasteiger partial charge in [0, 0.05) is 44.7 Å². The van der Waals surface area contributed by atoms with E-state index in [1.807, 2.05) is 27.7 Å². The summed E-state index contributed by atoms with van der Waals surface area (Å²) in [5.41, 5.74) is 8.91. The van der Waals surface area contributed by atoms with Crippen LogP contribution < -0.4 is 27.1 Å². The van der Waals surface area contributed by atoms with Crippen molar-refractivity contribution in [1.82, 2.24) is 26.4 Å². The maximum absolute atomic E-state index is 13.4. The minimum atomic E-state index is -0.566. The summed E-state index contributed by atoms with van der Waals surface area (Å²) >= 11 is 0. The van der Waals surface area contributed by atoms with Crippen molar-refractivity contribution >= 4 is 11.8 Å². The molecular weight excluding hydrogens is 512 g/mol. The molecule has 2 amide bonds. The molecule has 0 unspecified atom stereocenters. The summed E-state index contributed by atoms with van der Waals surface area (Å²) in [5.74, 6) is -0.189. The number of piperazine rings is 1. The molecule has 6 N–H and O–H groups in total. The minimum absolute atomic E-state index is 0.0450. The molecule has 0 spiro atoms. The van der Waals surface area contributed by atoms with E-state index >= 15 is 0 Å². The van der Waals surface area contributed by atoms with Gasteiger partial charge >= 0.3 is 0 Å². The summed E-state index contributed by atoms with van der Waals surface area (Å²) in [6.07, 6.45) is 4.63. The summed E-state index contributed by atoms with van der Waals surface area (Å²) in [7, 11) is 0. The Morgan fingerprint density at radius 2 is 1.39 bits per heavy atom. The third-order valence-corrected chi connectivity index (χ3v) is 8.29. The van der Waals surface area contributed by atoms with Crippen LogP contribution in [0.4, 0.5) is 0 Å². The van der Waals surface area contributed by atoms with Gasteiger partial charge in [-0.1, -0.05) is 76.2 Å². The molecule has 1 heterocycles. The predicted octanol–water partition coefficient (Wildman–Crippen LogP) is 5.23. The Bertz CT molecular complexity index is 764. The third kappa shape index (κ3) is 16.3. The summed E-state index contributed by atoms with van der Waals surface area (Å²) in [5, 5.41) is 11.8. The van der Waals surface area contributed by atoms with Gasteiger partial charge in [-0.05, 0) is 74.2 Å². The quantitative estimate of drug-likeness (QED) is 0.160. The van der Waals surface area contributed by atoms with Crippen LogP contribution in [0.15, 0.2) is 0 Å². The summed E-state index contributed by atoms with van der Waals surface area (Å²) in [6, 6.07) is -0.566. The smallest absolute Gasteiger partial charge is 0.243 e. The average molecular weight is 583 g/mol. The van der Waals surface area contributed by atoms with Crippen molar-refractivity contribution in [3.05, 3.63) is 0 Å². The summed E-state index contributed by atoms with van der Waals surface area (Å²) < 4.78 is 0. The van der Waals surface area contributed by atoms with Crippen molar-refractivity contribution < 1.29 is 9.59 Å². The largest absolute Gasteiger partial charge is 0.348 e. The minimum Gasteiger partial charge on any atom is -0.348 e. The molecule has 8 nitrogen and oxygen atoms in total. The van der Waals surface area contributed by atoms with Crippen molar-refractivity contribution in [2.24, 2.45) is 27.4 Å². The van der Waals surface area contributed by atoms with Gasteiger partial charge in [-0.25, -0.2) is 5.01 Å². The number of rotatable bonds is 16. The Balaban J connectivity index is 0.00000781. The zero-order valence-electron chi connectivity index (χ0n) is 29.4. The molecule has 1 atom stereocenters. The third-order valence-electron chi connectivity index (χ3n) is 8.29. The van der Waals surface area contributed by atoms with Gasteiger partial charge in [-0.2, -0.15) is 0 Å². The van der Waals surface area contributed by atoms with Crippen LogP contribution in [0, 0.1) is 21.7 Å². The van der Waals surface area contributed by atoms with Crippen molar-refractivity contribution in [2.45, 2.75) is 140 Å². The highest BCUT2D eigenvalue weighted by Gasteiger charge is 2.43. The Morgan fingerprint density at radius 1 is 0.854 bits per heavy atom. The van der Waals surface area contributed by atoms with Gasteiger partial charge in [0.25, 0.3) is 0 Å². The van der Waals surface area contributed by atoms with Crippen molar-refractivity contribution in [1.29, 1.82) is 0 Å². The van der Waals surface area contributed by atoms with E-state index in [4.69, 9.17) is 5.73 Å². The Morgan fingerprint density at radius 3 is 1.90 bits per heavy atom. The van der Waals surface area contributed by atoms with Crippen LogP contribution in [0.2, 0.25) is 0 Å². The topological polar surface area (TPSA) is 112 Å². The van der Waals surface area contributed by atoms with Crippen LogP contribution in [-0.2, 0) is 9.59 Å². The van der Waals surface area contributed by atoms with E-state index in [9.17, 15) is 9.59 Å². The van der Waals surface area contributed by atoms with Gasteiger partial charge in [0.2, 0.25) is 11.8 Å². The van der Waals surface area contributed by atoms with Crippen LogP contribution >= 0.6 is 0 Å². The molecule has 0 radical (unpaired) electrons. The highest BCUT2D eigenvalue weighted by atomic mass is 16.2. The molecule has 1 aliphatic rings. The number of amides is 2. The molecule has 0 aromatic rings. The van der Waals surface area contributed by atoms with Crippen LogP contribution in [0.25, 0.3) is 0 Å². The second-order valence-corrected chi connectivity index (χ2v) is 15.9. The van der Waals surface area contributed by atoms with Gasteiger partial charge in [0.15, 0.2) is 0 Å². The van der Waals surface area contributed by atoms with E-state index in [0.717, 1.165) is 51.9 Å². The second kappa shape index (κ2) is 17.2. The number of hydrogen-bond donors (Lipinski definition) is 5. The fourth-order valence-corrected chi connectivity index (χ4v) is 6.10. The van der Waals surface area contributed by atoms with E-state index in [2.05, 4.69) is 88.7 Å². The van der Waals surface area contributed by atoms with Gasteiger partial charge in [0.1, 0.15) is 6.04 Å². The highest BCUT2D eigenvalue weighted by Crippen LogP contribution is 2.52. The first kappa shape index (κ1) is 39.8. The number of carbonyl (C=O) groups is 2. The molecule has 244 valence electrons. The van der Waals surface area contributed by atoms with Gasteiger partial charge in [0.05, 0.1) is 0 Å². The van der Waals surface area contributed by atoms with E-state index in [1.54, 1.807) is 0 Å². The van der Waals surface area contributed by atoms with E-state index in [0.29, 0.717) is 25.9 Å². The first-order chi connectivity index (χ1) is 18.7. The predicted molar refractivity (Wildman–Crippen MR) is 176 cm³/mol. The van der Waals surface area contributed by atoms with E-state index in [-0.39, 0.29) is 33.5 Å². The highest BCUT2D eigenvalue weighted by molar-refractivity contribution is 5.88. The lowest BCUT2D eigenvalue weighted by Gasteiger charge is -2.48. The van der Waals surface area contributed by atoms with Crippen molar-refractivity contribution in [3.8, 4) is 0 Å². The summed E-state index contributed by atoms with van der Waals surface area (Å²) in [6.45, 7) is 33.6. The maximum Gasteiger partial charge on any atom is 0.243 e. The zero-order valence-corrected chi connectivity index (χ0v) is 29.4. The lowest BCUT2D eigenvalue weighted by Crippen LogP contribution is -2.60. The standard InChI is InChI=1S/C31H64N6O2.C2H6/c1-27(2,3)21-29(6,7)30(8,9)22-28(4,5)20-25(38)35-24(14-12-13-15-32)26(39)36-31(10,11)23-34-37-18-16-33-17-19-37;1-2/h24,33-34H,12-23,32H2,1-11H3,(H,35,38)(H,36,39);1-2H3/t24-;/m0./s1. The molecule has 41 heavy (non-hydrogen) atoms. The van der Waals surface area contributed by atoms with Crippen LogP contribution in [0.3, 0.4) is 0 Å². The molecular formula is C33H70N6O2. The molecule has 0 bridgehead atoms. The molecule has 8 heteroatoms. The Labute approximate surface area is 254 Å². The SMILES string of the molecule is CC.CC(C)(C)CC(C)(C)C(C)(C)CC(C)(C)CC(=O)N[C@@H](CCCCN)C(=O)NC(C)(C)CNN1CCNCC1. The van der Waals surface area contributed by atoms with Crippen molar-refractivity contribution in [3.63, 3.8) is 0 Å². The second-order valence-electron chi connectivity index (χ2n) is 15.9. The molecule has 0 aromatic heterocycles. The van der Waals surface area contributed by atoms with E-state index in [1.165, 1.54) is 0 Å². The normalized spacial score (nSPS) is 16.4. The molecule has 1 aliphatic heterocycles. The molecule has 0 aromatic carbocycles. The molecule has 1 saturated heterocycles. The number of hydrogen-bond acceptors (Lipinski definition) is 6. The molecule has 1 rings (SSSR count). The van der Waals surface area contributed by atoms with Crippen LogP contribution in [-0.4, -0.2) is 67.7 Å². The number of hydrazine groups is 1. The molecule has 1 fully saturated rings. The number of nitrogens with one attached hydrogen (secondary N) is 4. The zero-order chi connectivity index (χ0) is 32.1. The Hall–Kier alpha value is -1.22. The lowest BCUT2D eigenvalue weighted by molar-refractivity contribution is -0.131. The molecule has 0 saturated carbocycles. The fourth-order valence-electron chi connectivity index (χ4n) is 6.10. The van der Waals surface area contributed by atoms with Gasteiger partial charge in [-0.15, -0.1) is 0 Å². The maximum atomic E-state index is 13.4. The van der Waals surface area contributed by atoms with Crippen LogP contribution in [0.5, 0.6) is 0 Å². The number of carbonyl (C=O) groups excluding carboxylic acids is 2. The monoisotopic (exact) mass is 583 g/mol. The Kier molecular flexibility index (Phi) is 16.7.